The van der Waals surface area contributed by atoms with Gasteiger partial charge in [-0.3, -0.25) is 4.79 Å². The van der Waals surface area contributed by atoms with Crippen molar-refractivity contribution < 1.29 is 4.79 Å². The molecule has 2 nitrogen and oxygen atoms in total. The van der Waals surface area contributed by atoms with Gasteiger partial charge in [0.1, 0.15) is 0 Å². The normalized spacial score (nSPS) is 11.5. The molecule has 0 saturated heterocycles. The van der Waals surface area contributed by atoms with E-state index < -0.39 is 0 Å². The molecule has 22 heavy (non-hydrogen) atoms. The van der Waals surface area contributed by atoms with Gasteiger partial charge in [0.05, 0.1) is 6.54 Å². The van der Waals surface area contributed by atoms with Gasteiger partial charge < -0.3 is 5.32 Å². The van der Waals surface area contributed by atoms with Crippen LogP contribution in [0.3, 0.4) is 0 Å². The third-order valence-electron chi connectivity index (χ3n) is 3.87. The van der Waals surface area contributed by atoms with Crippen molar-refractivity contribution >= 4 is 17.2 Å². The Hall–Kier alpha value is -1.61. The highest BCUT2D eigenvalue weighted by atomic mass is 32.1. The summed E-state index contributed by atoms with van der Waals surface area (Å²) in [7, 11) is 0. The van der Waals surface area contributed by atoms with E-state index in [2.05, 4.69) is 68.7 Å². The lowest BCUT2D eigenvalue weighted by molar-refractivity contribution is -0.121. The van der Waals surface area contributed by atoms with Gasteiger partial charge in [-0.2, -0.15) is 0 Å². The van der Waals surface area contributed by atoms with Crippen LogP contribution in [0.2, 0.25) is 0 Å². The molecule has 0 atom stereocenters. The van der Waals surface area contributed by atoms with Gasteiger partial charge in [0.2, 0.25) is 5.91 Å². The Bertz CT molecular complexity index is 620. The zero-order chi connectivity index (χ0) is 16.2. The molecule has 1 N–H and O–H groups in total. The quantitative estimate of drug-likeness (QED) is 0.858. The predicted octanol–water partition coefficient (Wildman–Crippen LogP) is 4.60. The summed E-state index contributed by atoms with van der Waals surface area (Å²) in [6.45, 7) is 9.35. The van der Waals surface area contributed by atoms with Crippen LogP contribution in [0.4, 0.5) is 0 Å². The fourth-order valence-corrected chi connectivity index (χ4v) is 3.13. The molecular weight excluding hydrogens is 290 g/mol. The van der Waals surface area contributed by atoms with Crippen LogP contribution in [0.25, 0.3) is 0 Å². The first kappa shape index (κ1) is 16.8. The van der Waals surface area contributed by atoms with Gasteiger partial charge in [0.15, 0.2) is 0 Å². The summed E-state index contributed by atoms with van der Waals surface area (Å²) < 4.78 is 0. The van der Waals surface area contributed by atoms with Crippen molar-refractivity contribution in [3.05, 3.63) is 57.3 Å². The van der Waals surface area contributed by atoms with Crippen molar-refractivity contribution in [2.24, 2.45) is 0 Å². The third-order valence-corrected chi connectivity index (χ3v) is 4.90. The van der Waals surface area contributed by atoms with Crippen LogP contribution in [-0.4, -0.2) is 5.91 Å². The monoisotopic (exact) mass is 315 g/mol. The lowest BCUT2D eigenvalue weighted by atomic mass is 9.86. The highest BCUT2D eigenvalue weighted by Crippen LogP contribution is 2.22. The largest absolute Gasteiger partial charge is 0.351 e. The SMILES string of the molecule is Cc1ccsc1CNC(=O)CCc1ccc(C(C)(C)C)cc1. The van der Waals surface area contributed by atoms with Crippen LogP contribution >= 0.6 is 11.3 Å². The Labute approximate surface area is 137 Å². The minimum atomic E-state index is 0.118. The Balaban J connectivity index is 1.80. The summed E-state index contributed by atoms with van der Waals surface area (Å²) in [4.78, 5) is 13.2. The van der Waals surface area contributed by atoms with Gasteiger partial charge in [-0.25, -0.2) is 0 Å². The summed E-state index contributed by atoms with van der Waals surface area (Å²) in [6.07, 6.45) is 1.33. The average molecular weight is 315 g/mol. The van der Waals surface area contributed by atoms with Crippen LogP contribution in [-0.2, 0) is 23.2 Å². The summed E-state index contributed by atoms with van der Waals surface area (Å²) in [5.74, 6) is 0.118. The first-order chi connectivity index (χ1) is 10.4. The molecule has 0 saturated carbocycles. The van der Waals surface area contributed by atoms with Crippen molar-refractivity contribution in [2.45, 2.75) is 52.5 Å². The fraction of sp³-hybridized carbons (Fsp3) is 0.421. The van der Waals surface area contributed by atoms with E-state index in [4.69, 9.17) is 0 Å². The first-order valence-corrected chi connectivity index (χ1v) is 8.63. The van der Waals surface area contributed by atoms with E-state index in [1.807, 2.05) is 0 Å². The molecule has 1 aromatic heterocycles. The average Bonchev–Trinajstić information content (AvgIpc) is 2.88. The highest BCUT2D eigenvalue weighted by molar-refractivity contribution is 7.10. The molecule has 2 rings (SSSR count). The second kappa shape index (κ2) is 7.10. The fourth-order valence-electron chi connectivity index (χ4n) is 2.28. The molecule has 0 radical (unpaired) electrons. The molecule has 0 aliphatic rings. The molecule has 118 valence electrons. The van der Waals surface area contributed by atoms with Crippen LogP contribution in [0, 0.1) is 6.92 Å². The van der Waals surface area contributed by atoms with Crippen LogP contribution in [0.5, 0.6) is 0 Å². The van der Waals surface area contributed by atoms with Crippen molar-refractivity contribution in [3.63, 3.8) is 0 Å². The molecule has 0 aliphatic carbocycles. The smallest absolute Gasteiger partial charge is 0.220 e. The van der Waals surface area contributed by atoms with E-state index in [1.54, 1.807) is 11.3 Å². The number of amides is 1. The maximum absolute atomic E-state index is 11.9. The summed E-state index contributed by atoms with van der Waals surface area (Å²) >= 11 is 1.70. The van der Waals surface area contributed by atoms with Gasteiger partial charge >= 0.3 is 0 Å². The van der Waals surface area contributed by atoms with Crippen LogP contribution in [0.1, 0.15) is 48.8 Å². The minimum absolute atomic E-state index is 0.118. The van der Waals surface area contributed by atoms with Gasteiger partial charge in [0, 0.05) is 11.3 Å². The van der Waals surface area contributed by atoms with Gasteiger partial charge in [-0.05, 0) is 46.9 Å². The van der Waals surface area contributed by atoms with Crippen LogP contribution in [0.15, 0.2) is 35.7 Å². The second-order valence-corrected chi connectivity index (χ2v) is 7.75. The first-order valence-electron chi connectivity index (χ1n) is 7.75. The van der Waals surface area contributed by atoms with Gasteiger partial charge in [-0.1, -0.05) is 45.0 Å². The molecule has 0 spiro atoms. The molecule has 0 aliphatic heterocycles. The molecule has 1 heterocycles. The molecule has 0 fully saturated rings. The molecular formula is C19H25NOS. The summed E-state index contributed by atoms with van der Waals surface area (Å²) in [5.41, 5.74) is 3.97. The molecule has 3 heteroatoms. The lowest BCUT2D eigenvalue weighted by Crippen LogP contribution is -2.22. The molecule has 1 amide bonds. The number of nitrogens with one attached hydrogen (secondary N) is 1. The van der Waals surface area contributed by atoms with Gasteiger partial charge in [-0.15, -0.1) is 11.3 Å². The van der Waals surface area contributed by atoms with E-state index in [9.17, 15) is 4.79 Å². The van der Waals surface area contributed by atoms with E-state index >= 15 is 0 Å². The van der Waals surface area contributed by atoms with Crippen LogP contribution < -0.4 is 5.32 Å². The number of hydrogen-bond acceptors (Lipinski definition) is 2. The minimum Gasteiger partial charge on any atom is -0.351 e. The van der Waals surface area contributed by atoms with E-state index in [1.165, 1.54) is 21.6 Å². The predicted molar refractivity (Wildman–Crippen MR) is 94.4 cm³/mol. The molecule has 1 aromatic carbocycles. The maximum Gasteiger partial charge on any atom is 0.220 e. The number of rotatable bonds is 5. The lowest BCUT2D eigenvalue weighted by Gasteiger charge is -2.19. The standard InChI is InChI=1S/C19H25NOS/c1-14-11-12-22-17(14)13-20-18(21)10-7-15-5-8-16(9-6-15)19(2,3)4/h5-6,8-9,11-12H,7,10,13H2,1-4H3,(H,20,21). The second-order valence-electron chi connectivity index (χ2n) is 6.75. The molecule has 0 unspecified atom stereocenters. The molecule has 2 aromatic rings. The van der Waals surface area contributed by atoms with Crippen molar-refractivity contribution in [1.29, 1.82) is 0 Å². The summed E-state index contributed by atoms with van der Waals surface area (Å²) in [6, 6.07) is 10.7. The van der Waals surface area contributed by atoms with E-state index in [0.29, 0.717) is 13.0 Å². The summed E-state index contributed by atoms with van der Waals surface area (Å²) in [5, 5.41) is 5.07. The maximum atomic E-state index is 11.9. The van der Waals surface area contributed by atoms with E-state index in [0.717, 1.165) is 6.42 Å². The zero-order valence-electron chi connectivity index (χ0n) is 13.9. The van der Waals surface area contributed by atoms with Crippen molar-refractivity contribution in [3.8, 4) is 0 Å². The topological polar surface area (TPSA) is 29.1 Å². The Kier molecular flexibility index (Phi) is 5.41. The Morgan fingerprint density at radius 2 is 1.82 bits per heavy atom. The van der Waals surface area contributed by atoms with Gasteiger partial charge in [0.25, 0.3) is 0 Å². The van der Waals surface area contributed by atoms with Crippen molar-refractivity contribution in [1.82, 2.24) is 5.32 Å². The number of carbonyl (C=O) groups excluding carboxylic acids is 1. The van der Waals surface area contributed by atoms with Crippen molar-refractivity contribution in [2.75, 3.05) is 0 Å². The third kappa shape index (κ3) is 4.70. The Morgan fingerprint density at radius 3 is 2.36 bits per heavy atom. The van der Waals surface area contributed by atoms with E-state index in [-0.39, 0.29) is 11.3 Å². The zero-order valence-corrected chi connectivity index (χ0v) is 14.7. The number of carbonyl (C=O) groups is 1. The Morgan fingerprint density at radius 1 is 1.14 bits per heavy atom. The number of aryl methyl sites for hydroxylation is 2. The number of benzene rings is 1. The highest BCUT2D eigenvalue weighted by Gasteiger charge is 2.13. The molecule has 0 bridgehead atoms. The number of thiophene rings is 1. The number of hydrogen-bond donors (Lipinski definition) is 1.